The van der Waals surface area contributed by atoms with Crippen LogP contribution in [-0.2, 0) is 4.74 Å². The predicted octanol–water partition coefficient (Wildman–Crippen LogP) is 3.64. The lowest BCUT2D eigenvalue weighted by Crippen LogP contribution is -2.32. The Labute approximate surface area is 125 Å². The van der Waals surface area contributed by atoms with E-state index in [4.69, 9.17) is 10.5 Å². The van der Waals surface area contributed by atoms with Crippen LogP contribution in [0.3, 0.4) is 0 Å². The minimum atomic E-state index is -0.509. The first-order valence-corrected chi connectivity index (χ1v) is 6.88. The Balaban J connectivity index is 2.43. The van der Waals surface area contributed by atoms with Gasteiger partial charge in [0.1, 0.15) is 11.4 Å². The maximum absolute atomic E-state index is 13.9. The van der Waals surface area contributed by atoms with E-state index in [0.717, 1.165) is 0 Å². The monoisotopic (exact) mass is 294 g/mol. The quantitative estimate of drug-likeness (QED) is 0.658. The molecule has 0 atom stereocenters. The van der Waals surface area contributed by atoms with E-state index in [9.17, 15) is 9.18 Å². The van der Waals surface area contributed by atoms with Crippen molar-refractivity contribution in [2.75, 3.05) is 12.3 Å². The molecule has 0 fully saturated rings. The topological polar surface area (TPSA) is 64.3 Å². The maximum Gasteiger partial charge on any atom is 0.407 e. The minimum Gasteiger partial charge on any atom is -0.444 e. The maximum atomic E-state index is 13.9. The number of rotatable bonds is 4. The first kappa shape index (κ1) is 17.0. The van der Waals surface area contributed by atoms with Gasteiger partial charge in [-0.3, -0.25) is 0 Å². The van der Waals surface area contributed by atoms with Crippen LogP contribution in [0.15, 0.2) is 18.2 Å². The molecule has 1 aromatic carbocycles. The summed E-state index contributed by atoms with van der Waals surface area (Å²) < 4.78 is 19.0. The summed E-state index contributed by atoms with van der Waals surface area (Å²) in [5.41, 5.74) is 6.49. The minimum absolute atomic E-state index is 0.314. The average molecular weight is 294 g/mol. The number of anilines is 1. The molecule has 0 aromatic heterocycles. The molecule has 21 heavy (non-hydrogen) atoms. The van der Waals surface area contributed by atoms with Gasteiger partial charge in [0, 0.05) is 23.4 Å². The molecule has 0 radical (unpaired) electrons. The predicted molar refractivity (Wildman–Crippen MR) is 83.4 cm³/mol. The Kier molecular flexibility index (Phi) is 5.76. The van der Waals surface area contributed by atoms with Crippen LogP contribution in [0.5, 0.6) is 0 Å². The molecule has 116 valence electrons. The Bertz CT molecular complexity index is 534. The molecule has 1 amide bonds. The number of carbonyl (C=O) groups is 1. The molecule has 0 heterocycles. The third-order valence-electron chi connectivity index (χ3n) is 2.73. The van der Waals surface area contributed by atoms with Gasteiger partial charge in [-0.05, 0) is 46.2 Å². The number of carbonyl (C=O) groups excluding carboxylic acids is 1. The third kappa shape index (κ3) is 5.85. The summed E-state index contributed by atoms with van der Waals surface area (Å²) in [5.74, 6) is -0.314. The lowest BCUT2D eigenvalue weighted by molar-refractivity contribution is 0.0529. The molecule has 0 aliphatic rings. The van der Waals surface area contributed by atoms with Gasteiger partial charge in [-0.25, -0.2) is 9.18 Å². The van der Waals surface area contributed by atoms with Crippen LogP contribution in [0.2, 0.25) is 0 Å². The second kappa shape index (κ2) is 7.11. The van der Waals surface area contributed by atoms with Crippen molar-refractivity contribution < 1.29 is 13.9 Å². The van der Waals surface area contributed by atoms with Gasteiger partial charge in [0.05, 0.1) is 0 Å². The highest BCUT2D eigenvalue weighted by Crippen LogP contribution is 2.19. The molecule has 0 saturated heterocycles. The van der Waals surface area contributed by atoms with E-state index in [1.807, 2.05) is 0 Å². The summed E-state index contributed by atoms with van der Waals surface area (Å²) >= 11 is 0. The largest absolute Gasteiger partial charge is 0.444 e. The Morgan fingerprint density at radius 3 is 2.71 bits per heavy atom. The van der Waals surface area contributed by atoms with Gasteiger partial charge < -0.3 is 15.8 Å². The molecule has 0 aliphatic heterocycles. The van der Waals surface area contributed by atoms with Crippen LogP contribution in [0.25, 0.3) is 6.08 Å². The lowest BCUT2D eigenvalue weighted by Gasteiger charge is -2.19. The number of nitrogens with one attached hydrogen (secondary N) is 1. The zero-order chi connectivity index (χ0) is 16.0. The number of benzene rings is 1. The van der Waals surface area contributed by atoms with Crippen molar-refractivity contribution in [2.45, 2.75) is 39.7 Å². The van der Waals surface area contributed by atoms with Crippen molar-refractivity contribution in [3.05, 3.63) is 35.2 Å². The number of halogens is 1. The van der Waals surface area contributed by atoms with E-state index in [1.54, 1.807) is 52.0 Å². The summed E-state index contributed by atoms with van der Waals surface area (Å²) in [6, 6.07) is 3.31. The van der Waals surface area contributed by atoms with Crippen molar-refractivity contribution in [3.63, 3.8) is 0 Å². The van der Waals surface area contributed by atoms with E-state index in [-0.39, 0.29) is 5.82 Å². The van der Waals surface area contributed by atoms with Gasteiger partial charge in [-0.1, -0.05) is 12.2 Å². The van der Waals surface area contributed by atoms with Crippen LogP contribution in [-0.4, -0.2) is 18.2 Å². The Morgan fingerprint density at radius 2 is 2.10 bits per heavy atom. The number of hydrogen-bond acceptors (Lipinski definition) is 3. The third-order valence-corrected chi connectivity index (χ3v) is 2.73. The molecule has 0 aliphatic carbocycles. The van der Waals surface area contributed by atoms with Gasteiger partial charge in [0.2, 0.25) is 0 Å². The number of ether oxygens (including phenoxy) is 1. The molecule has 5 heteroatoms. The smallest absolute Gasteiger partial charge is 0.407 e. The SMILES string of the molecule is Cc1c(N)ccc(C=CCCNC(=O)OC(C)(C)C)c1F. The van der Waals surface area contributed by atoms with Gasteiger partial charge in [0.15, 0.2) is 0 Å². The second-order valence-corrected chi connectivity index (χ2v) is 5.80. The Morgan fingerprint density at radius 1 is 1.43 bits per heavy atom. The number of hydrogen-bond donors (Lipinski definition) is 2. The van der Waals surface area contributed by atoms with Gasteiger partial charge in [0.25, 0.3) is 0 Å². The van der Waals surface area contributed by atoms with E-state index in [1.165, 1.54) is 0 Å². The molecular weight excluding hydrogens is 271 g/mol. The van der Waals surface area contributed by atoms with Crippen molar-refractivity contribution in [3.8, 4) is 0 Å². The summed E-state index contributed by atoms with van der Waals surface area (Å²) in [6.45, 7) is 7.49. The van der Waals surface area contributed by atoms with Crippen LogP contribution >= 0.6 is 0 Å². The summed E-state index contributed by atoms with van der Waals surface area (Å²) in [5, 5.41) is 2.63. The van der Waals surface area contributed by atoms with E-state index < -0.39 is 11.7 Å². The fourth-order valence-corrected chi connectivity index (χ4v) is 1.63. The number of alkyl carbamates (subject to hydrolysis) is 1. The fourth-order valence-electron chi connectivity index (χ4n) is 1.63. The van der Waals surface area contributed by atoms with E-state index >= 15 is 0 Å². The first-order chi connectivity index (χ1) is 9.70. The molecule has 1 aromatic rings. The first-order valence-electron chi connectivity index (χ1n) is 6.88. The second-order valence-electron chi connectivity index (χ2n) is 5.80. The van der Waals surface area contributed by atoms with Crippen LogP contribution in [0.4, 0.5) is 14.9 Å². The van der Waals surface area contributed by atoms with Crippen LogP contribution in [0.1, 0.15) is 38.3 Å². The average Bonchev–Trinajstić information content (AvgIpc) is 2.36. The summed E-state index contributed by atoms with van der Waals surface area (Å²) in [6.07, 6.45) is 3.61. The van der Waals surface area contributed by atoms with Crippen molar-refractivity contribution in [2.24, 2.45) is 0 Å². The fraction of sp³-hybridized carbons (Fsp3) is 0.438. The highest BCUT2D eigenvalue weighted by molar-refractivity contribution is 5.67. The molecule has 0 saturated carbocycles. The zero-order valence-corrected chi connectivity index (χ0v) is 13.0. The molecule has 0 spiro atoms. The van der Waals surface area contributed by atoms with Gasteiger partial charge in [-0.2, -0.15) is 0 Å². The van der Waals surface area contributed by atoms with Crippen LogP contribution < -0.4 is 11.1 Å². The molecule has 0 unspecified atom stereocenters. The van der Waals surface area contributed by atoms with Crippen molar-refractivity contribution in [1.82, 2.24) is 5.32 Å². The number of nitrogen functional groups attached to an aromatic ring is 1. The molecule has 1 rings (SSSR count). The molecule has 3 N–H and O–H groups in total. The lowest BCUT2D eigenvalue weighted by atomic mass is 10.1. The Hall–Kier alpha value is -2.04. The van der Waals surface area contributed by atoms with Crippen molar-refractivity contribution in [1.29, 1.82) is 0 Å². The normalized spacial score (nSPS) is 11.7. The van der Waals surface area contributed by atoms with Gasteiger partial charge in [-0.15, -0.1) is 0 Å². The van der Waals surface area contributed by atoms with Crippen LogP contribution in [0, 0.1) is 12.7 Å². The summed E-state index contributed by atoms with van der Waals surface area (Å²) in [7, 11) is 0. The highest BCUT2D eigenvalue weighted by atomic mass is 19.1. The van der Waals surface area contributed by atoms with E-state index in [0.29, 0.717) is 29.8 Å². The molecule has 4 nitrogen and oxygen atoms in total. The number of amides is 1. The summed E-state index contributed by atoms with van der Waals surface area (Å²) in [4.78, 5) is 11.4. The number of nitrogens with two attached hydrogens (primary N) is 1. The van der Waals surface area contributed by atoms with E-state index in [2.05, 4.69) is 5.32 Å². The van der Waals surface area contributed by atoms with Crippen molar-refractivity contribution >= 4 is 17.9 Å². The zero-order valence-electron chi connectivity index (χ0n) is 13.0. The standard InChI is InChI=1S/C16H23FN2O2/c1-11-13(18)9-8-12(14(11)17)7-5-6-10-19-15(20)21-16(2,3)4/h5,7-9H,6,10,18H2,1-4H3,(H,19,20). The molecular formula is C16H23FN2O2. The highest BCUT2D eigenvalue weighted by Gasteiger charge is 2.15. The molecule has 0 bridgehead atoms. The van der Waals surface area contributed by atoms with Gasteiger partial charge >= 0.3 is 6.09 Å².